The first-order chi connectivity index (χ1) is 9.24. The number of hydrogen-bond donors (Lipinski definition) is 0. The van der Waals surface area contributed by atoms with Gasteiger partial charge in [0.05, 0.1) is 0 Å². The van der Waals surface area contributed by atoms with Crippen LogP contribution in [-0.4, -0.2) is 0 Å². The summed E-state index contributed by atoms with van der Waals surface area (Å²) in [6, 6.07) is 15.3. The highest BCUT2D eigenvalue weighted by molar-refractivity contribution is 5.86. The summed E-state index contributed by atoms with van der Waals surface area (Å²) in [5.41, 5.74) is 1.50. The molecular formula is C19H28. The monoisotopic (exact) mass is 256 g/mol. The van der Waals surface area contributed by atoms with Gasteiger partial charge in [-0.3, -0.25) is 0 Å². The van der Waals surface area contributed by atoms with Crippen molar-refractivity contribution in [3.63, 3.8) is 0 Å². The fourth-order valence-corrected chi connectivity index (χ4v) is 2.27. The summed E-state index contributed by atoms with van der Waals surface area (Å²) in [5, 5.41) is 2.78. The molecule has 0 saturated heterocycles. The molecule has 0 heterocycles. The zero-order chi connectivity index (χ0) is 14.1. The van der Waals surface area contributed by atoms with E-state index in [1.807, 2.05) is 0 Å². The molecule has 0 fully saturated rings. The van der Waals surface area contributed by atoms with E-state index >= 15 is 0 Å². The zero-order valence-electron chi connectivity index (χ0n) is 12.9. The first kappa shape index (κ1) is 15.8. The summed E-state index contributed by atoms with van der Waals surface area (Å²) < 4.78 is 0. The molecule has 2 rings (SSSR count). The maximum Gasteiger partial charge on any atom is -0.0149 e. The standard InChI is InChI=1S/C15H18.C4H10/c1-3-7-12(2)14-11-6-9-13-8-4-5-10-15(13)14;1-3-4-2/h4-6,8-12H,3,7H2,1-2H3;3-4H2,1-2H3/t12-;/m1./s1. The van der Waals surface area contributed by atoms with E-state index in [-0.39, 0.29) is 0 Å². The van der Waals surface area contributed by atoms with Crippen molar-refractivity contribution in [2.24, 2.45) is 0 Å². The summed E-state index contributed by atoms with van der Waals surface area (Å²) in [7, 11) is 0. The molecule has 0 aliphatic heterocycles. The number of fused-ring (bicyclic) bond motifs is 1. The maximum atomic E-state index is 2.32. The Bertz CT molecular complexity index is 463. The summed E-state index contributed by atoms with van der Waals surface area (Å²) >= 11 is 0. The SMILES string of the molecule is CCCC.CCC[C@@H](C)c1cccc2ccccc12. The average Bonchev–Trinajstić information content (AvgIpc) is 2.47. The van der Waals surface area contributed by atoms with Gasteiger partial charge in [-0.05, 0) is 28.7 Å². The van der Waals surface area contributed by atoms with E-state index < -0.39 is 0 Å². The van der Waals surface area contributed by atoms with E-state index in [0.717, 1.165) is 0 Å². The molecule has 0 N–H and O–H groups in total. The second kappa shape index (κ2) is 8.74. The molecule has 0 amide bonds. The van der Waals surface area contributed by atoms with E-state index in [9.17, 15) is 0 Å². The minimum atomic E-state index is 0.668. The summed E-state index contributed by atoms with van der Waals surface area (Å²) in [4.78, 5) is 0. The fourth-order valence-electron chi connectivity index (χ4n) is 2.27. The molecule has 2 aromatic carbocycles. The van der Waals surface area contributed by atoms with Gasteiger partial charge in [0.25, 0.3) is 0 Å². The molecule has 0 radical (unpaired) electrons. The van der Waals surface area contributed by atoms with Crippen LogP contribution in [0.2, 0.25) is 0 Å². The van der Waals surface area contributed by atoms with Gasteiger partial charge in [0, 0.05) is 0 Å². The highest BCUT2D eigenvalue weighted by atomic mass is 14.1. The predicted molar refractivity (Wildman–Crippen MR) is 87.9 cm³/mol. The Morgan fingerprint density at radius 2 is 1.42 bits per heavy atom. The molecule has 0 spiro atoms. The molecule has 1 atom stereocenters. The summed E-state index contributed by atoms with van der Waals surface area (Å²) in [6.07, 6.45) is 5.17. The number of hydrogen-bond acceptors (Lipinski definition) is 0. The van der Waals surface area contributed by atoms with Gasteiger partial charge in [0.1, 0.15) is 0 Å². The van der Waals surface area contributed by atoms with Crippen LogP contribution in [0.15, 0.2) is 42.5 Å². The Kier molecular flexibility index (Phi) is 7.25. The van der Waals surface area contributed by atoms with Crippen molar-refractivity contribution in [2.75, 3.05) is 0 Å². The van der Waals surface area contributed by atoms with Gasteiger partial charge in [-0.25, -0.2) is 0 Å². The Labute approximate surface area is 118 Å². The van der Waals surface area contributed by atoms with Gasteiger partial charge >= 0.3 is 0 Å². The minimum absolute atomic E-state index is 0.668. The number of rotatable bonds is 4. The van der Waals surface area contributed by atoms with Gasteiger partial charge in [-0.2, -0.15) is 0 Å². The van der Waals surface area contributed by atoms with Gasteiger partial charge in [-0.15, -0.1) is 0 Å². The van der Waals surface area contributed by atoms with Crippen molar-refractivity contribution >= 4 is 10.8 Å². The number of benzene rings is 2. The van der Waals surface area contributed by atoms with Crippen molar-refractivity contribution in [1.29, 1.82) is 0 Å². The molecular weight excluding hydrogens is 228 g/mol. The van der Waals surface area contributed by atoms with Gasteiger partial charge < -0.3 is 0 Å². The molecule has 0 bridgehead atoms. The molecule has 0 nitrogen and oxygen atoms in total. The Morgan fingerprint density at radius 3 is 2.05 bits per heavy atom. The van der Waals surface area contributed by atoms with Crippen molar-refractivity contribution in [1.82, 2.24) is 0 Å². The molecule has 0 aromatic heterocycles. The van der Waals surface area contributed by atoms with Crippen LogP contribution in [0, 0.1) is 0 Å². The van der Waals surface area contributed by atoms with Crippen molar-refractivity contribution in [2.45, 2.75) is 59.3 Å². The minimum Gasteiger partial charge on any atom is -0.0654 e. The van der Waals surface area contributed by atoms with Crippen LogP contribution in [-0.2, 0) is 0 Å². The molecule has 0 aliphatic carbocycles. The smallest absolute Gasteiger partial charge is 0.0149 e. The molecule has 0 heteroatoms. The van der Waals surface area contributed by atoms with Crippen LogP contribution in [0.25, 0.3) is 10.8 Å². The third-order valence-electron chi connectivity index (χ3n) is 3.58. The Hall–Kier alpha value is -1.30. The van der Waals surface area contributed by atoms with E-state index in [1.54, 1.807) is 0 Å². The van der Waals surface area contributed by atoms with Crippen LogP contribution in [0.4, 0.5) is 0 Å². The van der Waals surface area contributed by atoms with E-state index in [2.05, 4.69) is 70.2 Å². The van der Waals surface area contributed by atoms with Crippen LogP contribution in [0.1, 0.15) is 64.9 Å². The lowest BCUT2D eigenvalue weighted by Crippen LogP contribution is -1.93. The molecule has 104 valence electrons. The van der Waals surface area contributed by atoms with E-state index in [4.69, 9.17) is 0 Å². The van der Waals surface area contributed by atoms with E-state index in [0.29, 0.717) is 5.92 Å². The van der Waals surface area contributed by atoms with Gasteiger partial charge in [-0.1, -0.05) is 89.4 Å². The average molecular weight is 256 g/mol. The summed E-state index contributed by atoms with van der Waals surface area (Å²) in [6.45, 7) is 8.94. The van der Waals surface area contributed by atoms with Crippen molar-refractivity contribution in [3.05, 3.63) is 48.0 Å². The van der Waals surface area contributed by atoms with Gasteiger partial charge in [0.15, 0.2) is 0 Å². The lowest BCUT2D eigenvalue weighted by atomic mass is 9.92. The lowest BCUT2D eigenvalue weighted by Gasteiger charge is -2.13. The summed E-state index contributed by atoms with van der Waals surface area (Å²) in [5.74, 6) is 0.668. The van der Waals surface area contributed by atoms with Gasteiger partial charge in [0.2, 0.25) is 0 Å². The number of unbranched alkanes of at least 4 members (excludes halogenated alkanes) is 1. The molecule has 19 heavy (non-hydrogen) atoms. The predicted octanol–water partition coefficient (Wildman–Crippen LogP) is 6.55. The lowest BCUT2D eigenvalue weighted by molar-refractivity contribution is 0.669. The largest absolute Gasteiger partial charge is 0.0654 e. The molecule has 0 unspecified atom stereocenters. The quantitative estimate of drug-likeness (QED) is 0.582. The fraction of sp³-hybridized carbons (Fsp3) is 0.474. The second-order valence-electron chi connectivity index (χ2n) is 5.26. The third-order valence-corrected chi connectivity index (χ3v) is 3.58. The third kappa shape index (κ3) is 4.70. The molecule has 0 aliphatic rings. The van der Waals surface area contributed by atoms with E-state index in [1.165, 1.54) is 42.0 Å². The maximum absolute atomic E-state index is 2.32. The first-order valence-electron chi connectivity index (χ1n) is 7.72. The van der Waals surface area contributed by atoms with Crippen LogP contribution >= 0.6 is 0 Å². The molecule has 2 aromatic rings. The molecule has 0 saturated carbocycles. The highest BCUT2D eigenvalue weighted by Gasteiger charge is 2.07. The highest BCUT2D eigenvalue weighted by Crippen LogP contribution is 2.28. The van der Waals surface area contributed by atoms with Crippen LogP contribution in [0.5, 0.6) is 0 Å². The van der Waals surface area contributed by atoms with Crippen LogP contribution < -0.4 is 0 Å². The Morgan fingerprint density at radius 1 is 0.789 bits per heavy atom. The van der Waals surface area contributed by atoms with Crippen molar-refractivity contribution < 1.29 is 0 Å². The Balaban J connectivity index is 0.000000399. The topological polar surface area (TPSA) is 0 Å². The second-order valence-corrected chi connectivity index (χ2v) is 5.26. The zero-order valence-corrected chi connectivity index (χ0v) is 12.9. The first-order valence-corrected chi connectivity index (χ1v) is 7.72. The van der Waals surface area contributed by atoms with Crippen LogP contribution in [0.3, 0.4) is 0 Å². The van der Waals surface area contributed by atoms with Crippen molar-refractivity contribution in [3.8, 4) is 0 Å². The normalized spacial score (nSPS) is 11.8.